The number of carbonyl (C=O) groups is 1. The van der Waals surface area contributed by atoms with E-state index in [1.807, 2.05) is 5.43 Å². The largest absolute Gasteiger partial charge is 0.365 e. The van der Waals surface area contributed by atoms with Crippen LogP contribution in [0.1, 0.15) is 11.1 Å². The predicted molar refractivity (Wildman–Crippen MR) is 87.2 cm³/mol. The van der Waals surface area contributed by atoms with Crippen LogP contribution in [0, 0.1) is 5.41 Å². The van der Waals surface area contributed by atoms with Crippen molar-refractivity contribution in [3.8, 4) is 0 Å². The fourth-order valence-corrected chi connectivity index (χ4v) is 2.26. The summed E-state index contributed by atoms with van der Waals surface area (Å²) in [6, 6.07) is 8.40. The van der Waals surface area contributed by atoms with Gasteiger partial charge in [-0.15, -0.1) is 0 Å². The zero-order chi connectivity index (χ0) is 16.1. The molecular weight excluding hydrogens is 325 g/mol. The molecule has 0 fully saturated rings. The number of carbonyl (C=O) groups excluding carboxylic acids is 1. The van der Waals surface area contributed by atoms with Crippen molar-refractivity contribution in [2.75, 3.05) is 5.32 Å². The molecule has 1 aromatic heterocycles. The highest BCUT2D eigenvalue weighted by molar-refractivity contribution is 6.44. The molecule has 1 amide bonds. The number of hydrogen-bond donors (Lipinski definition) is 4. The lowest BCUT2D eigenvalue weighted by Gasteiger charge is -2.12. The number of pyridine rings is 1. The lowest BCUT2D eigenvalue weighted by molar-refractivity contribution is -0.114. The second-order valence-electron chi connectivity index (χ2n) is 4.34. The molecule has 0 aliphatic rings. The summed E-state index contributed by atoms with van der Waals surface area (Å²) in [7, 11) is 0. The number of hydrazine groups is 1. The molecule has 0 saturated carbocycles. The van der Waals surface area contributed by atoms with Crippen LogP contribution in [0.5, 0.6) is 0 Å². The molecule has 1 aromatic carbocycles. The van der Waals surface area contributed by atoms with Gasteiger partial charge in [-0.3, -0.25) is 15.6 Å². The maximum atomic E-state index is 11.5. The summed E-state index contributed by atoms with van der Waals surface area (Å²) in [5, 5.41) is 11.9. The van der Waals surface area contributed by atoms with Crippen LogP contribution >= 0.6 is 23.2 Å². The Morgan fingerprint density at radius 2 is 2.09 bits per heavy atom. The molecule has 0 atom stereocenters. The molecule has 0 aliphatic carbocycles. The number of benzene rings is 1. The molecule has 0 spiro atoms. The summed E-state index contributed by atoms with van der Waals surface area (Å²) in [6.45, 7) is 0.373. The Labute approximate surface area is 137 Å². The topological polar surface area (TPSA) is 104 Å². The zero-order valence-electron chi connectivity index (χ0n) is 11.4. The number of amides is 1. The van der Waals surface area contributed by atoms with Gasteiger partial charge in [-0.25, -0.2) is 10.8 Å². The first-order chi connectivity index (χ1) is 10.5. The smallest absolute Gasteiger partial charge is 0.283 e. The second-order valence-corrected chi connectivity index (χ2v) is 5.18. The number of nitrogens with two attached hydrogens (primary N) is 1. The van der Waals surface area contributed by atoms with E-state index in [0.29, 0.717) is 28.0 Å². The third-order valence-electron chi connectivity index (χ3n) is 2.90. The number of hydrogen-bond acceptors (Lipinski definition) is 5. The Morgan fingerprint density at radius 3 is 2.77 bits per heavy atom. The van der Waals surface area contributed by atoms with E-state index in [2.05, 4.69) is 10.3 Å². The maximum Gasteiger partial charge on any atom is 0.283 e. The van der Waals surface area contributed by atoms with Crippen LogP contribution in [-0.4, -0.2) is 16.6 Å². The van der Waals surface area contributed by atoms with Gasteiger partial charge in [0, 0.05) is 28.4 Å². The summed E-state index contributed by atoms with van der Waals surface area (Å²) in [6.07, 6.45) is 1.56. The summed E-state index contributed by atoms with van der Waals surface area (Å²) in [5.41, 5.74) is 2.81. The fourth-order valence-electron chi connectivity index (χ4n) is 1.79. The molecule has 2 aromatic rings. The highest BCUT2D eigenvalue weighted by atomic mass is 35.5. The van der Waals surface area contributed by atoms with Crippen molar-refractivity contribution in [1.82, 2.24) is 10.4 Å². The molecule has 0 aliphatic heterocycles. The highest BCUT2D eigenvalue weighted by Crippen LogP contribution is 2.22. The predicted octanol–water partition coefficient (Wildman–Crippen LogP) is 2.36. The van der Waals surface area contributed by atoms with E-state index in [-0.39, 0.29) is 5.71 Å². The summed E-state index contributed by atoms with van der Waals surface area (Å²) < 4.78 is 0. The summed E-state index contributed by atoms with van der Waals surface area (Å²) in [5.74, 6) is 4.75. The number of halogens is 2. The minimum absolute atomic E-state index is 0.277. The number of aromatic nitrogens is 1. The number of anilines is 1. The first-order valence-corrected chi connectivity index (χ1v) is 7.01. The third kappa shape index (κ3) is 3.73. The van der Waals surface area contributed by atoms with Crippen molar-refractivity contribution in [2.24, 2.45) is 5.84 Å². The highest BCUT2D eigenvalue weighted by Gasteiger charge is 2.15. The second kappa shape index (κ2) is 7.22. The van der Waals surface area contributed by atoms with Crippen molar-refractivity contribution in [3.63, 3.8) is 0 Å². The van der Waals surface area contributed by atoms with Gasteiger partial charge in [0.05, 0.1) is 0 Å². The number of rotatable bonds is 5. The average Bonchev–Trinajstić information content (AvgIpc) is 2.53. The fraction of sp³-hybridized carbons (Fsp3) is 0.0714. The van der Waals surface area contributed by atoms with E-state index in [1.165, 1.54) is 0 Å². The molecule has 22 heavy (non-hydrogen) atoms. The molecular formula is C14H13Cl2N5O. The number of nitrogens with zero attached hydrogens (tertiary/aromatic N) is 1. The molecule has 114 valence electrons. The third-order valence-corrected chi connectivity index (χ3v) is 3.48. The average molecular weight is 338 g/mol. The van der Waals surface area contributed by atoms with Crippen molar-refractivity contribution in [1.29, 1.82) is 5.41 Å². The van der Waals surface area contributed by atoms with Crippen LogP contribution in [-0.2, 0) is 11.3 Å². The lowest BCUT2D eigenvalue weighted by atomic mass is 10.1. The van der Waals surface area contributed by atoms with Crippen molar-refractivity contribution in [3.05, 3.63) is 57.7 Å². The van der Waals surface area contributed by atoms with Gasteiger partial charge in [0.15, 0.2) is 0 Å². The monoisotopic (exact) mass is 337 g/mol. The molecule has 0 radical (unpaired) electrons. The Balaban J connectivity index is 2.20. The van der Waals surface area contributed by atoms with Gasteiger partial charge in [0.1, 0.15) is 11.5 Å². The van der Waals surface area contributed by atoms with Crippen LogP contribution in [0.2, 0.25) is 10.0 Å². The standard InChI is InChI=1S/C14H13Cl2N5O/c15-9-4-3-8(11(16)6-9)7-20-13-10(2-1-5-19-13)12(17)14(22)21-18/h1-6,17H,7,18H2,(H,19,20)(H,21,22). The minimum atomic E-state index is -0.694. The lowest BCUT2D eigenvalue weighted by Crippen LogP contribution is -2.36. The van der Waals surface area contributed by atoms with Gasteiger partial charge in [-0.2, -0.15) is 0 Å². The minimum Gasteiger partial charge on any atom is -0.365 e. The van der Waals surface area contributed by atoms with Crippen LogP contribution in [0.25, 0.3) is 0 Å². The molecule has 0 unspecified atom stereocenters. The summed E-state index contributed by atoms with van der Waals surface area (Å²) >= 11 is 12.0. The molecule has 1 heterocycles. The number of nitrogens with one attached hydrogen (secondary N) is 3. The first kappa shape index (κ1) is 16.2. The molecule has 6 nitrogen and oxygen atoms in total. The van der Waals surface area contributed by atoms with Crippen LogP contribution in [0.4, 0.5) is 5.82 Å². The maximum absolute atomic E-state index is 11.5. The van der Waals surface area contributed by atoms with E-state index in [4.69, 9.17) is 34.5 Å². The van der Waals surface area contributed by atoms with E-state index in [9.17, 15) is 4.79 Å². The van der Waals surface area contributed by atoms with Gasteiger partial charge in [0.2, 0.25) is 0 Å². The van der Waals surface area contributed by atoms with E-state index < -0.39 is 5.91 Å². The van der Waals surface area contributed by atoms with Crippen LogP contribution in [0.3, 0.4) is 0 Å². The molecule has 5 N–H and O–H groups in total. The van der Waals surface area contributed by atoms with Gasteiger partial charge in [-0.05, 0) is 29.8 Å². The van der Waals surface area contributed by atoms with Gasteiger partial charge in [0.25, 0.3) is 5.91 Å². The molecule has 0 saturated heterocycles. The van der Waals surface area contributed by atoms with E-state index in [1.54, 1.807) is 36.5 Å². The van der Waals surface area contributed by atoms with E-state index in [0.717, 1.165) is 5.56 Å². The molecule has 0 bridgehead atoms. The SMILES string of the molecule is N=C(C(=O)NN)c1cccnc1NCc1ccc(Cl)cc1Cl. The van der Waals surface area contributed by atoms with Gasteiger partial charge >= 0.3 is 0 Å². The van der Waals surface area contributed by atoms with Crippen molar-refractivity contribution >= 4 is 40.6 Å². The Bertz CT molecular complexity index is 720. The molecule has 8 heteroatoms. The molecule has 2 rings (SSSR count). The quantitative estimate of drug-likeness (QED) is 0.291. The normalized spacial score (nSPS) is 10.1. The Morgan fingerprint density at radius 1 is 1.32 bits per heavy atom. The van der Waals surface area contributed by atoms with E-state index >= 15 is 0 Å². The van der Waals surface area contributed by atoms with Crippen molar-refractivity contribution in [2.45, 2.75) is 6.54 Å². The van der Waals surface area contributed by atoms with Crippen molar-refractivity contribution < 1.29 is 4.79 Å². The van der Waals surface area contributed by atoms with Crippen LogP contribution < -0.4 is 16.6 Å². The zero-order valence-corrected chi connectivity index (χ0v) is 12.9. The van der Waals surface area contributed by atoms with Gasteiger partial charge < -0.3 is 5.32 Å². The van der Waals surface area contributed by atoms with Crippen LogP contribution in [0.15, 0.2) is 36.5 Å². The summed E-state index contributed by atoms with van der Waals surface area (Å²) in [4.78, 5) is 15.6. The Hall–Kier alpha value is -2.15. The first-order valence-electron chi connectivity index (χ1n) is 6.25. The Kier molecular flexibility index (Phi) is 5.32. The van der Waals surface area contributed by atoms with Gasteiger partial charge in [-0.1, -0.05) is 29.3 Å².